The molecule has 0 bridgehead atoms. The number of rotatable bonds is 6. The lowest BCUT2D eigenvalue weighted by molar-refractivity contribution is 0.0955. The van der Waals surface area contributed by atoms with Crippen LogP contribution in [-0.2, 0) is 0 Å². The predicted molar refractivity (Wildman–Crippen MR) is 91.5 cm³/mol. The number of carbonyl (C=O) groups excluding carboxylic acids is 1. The molecule has 0 aliphatic rings. The van der Waals surface area contributed by atoms with Crippen molar-refractivity contribution >= 4 is 17.8 Å². The van der Waals surface area contributed by atoms with Crippen LogP contribution in [0.2, 0.25) is 0 Å². The maximum atomic E-state index is 12.8. The molecule has 1 N–H and O–H groups in total. The van der Waals surface area contributed by atoms with Crippen molar-refractivity contribution in [3.8, 4) is 0 Å². The van der Waals surface area contributed by atoms with E-state index in [2.05, 4.69) is 29.3 Å². The summed E-state index contributed by atoms with van der Waals surface area (Å²) < 4.78 is 12.8. The Hall–Kier alpha value is -2.69. The van der Waals surface area contributed by atoms with Crippen LogP contribution in [0.3, 0.4) is 0 Å². The van der Waals surface area contributed by atoms with E-state index in [4.69, 9.17) is 0 Å². The van der Waals surface area contributed by atoms with E-state index in [1.807, 2.05) is 24.3 Å². The summed E-state index contributed by atoms with van der Waals surface area (Å²) in [6.45, 7) is 6.14. The number of halogens is 1. The normalized spacial score (nSPS) is 10.7. The molecule has 0 aromatic heterocycles. The summed E-state index contributed by atoms with van der Waals surface area (Å²) in [5, 5.41) is 3.92. The average Bonchev–Trinajstić information content (AvgIpc) is 2.58. The van der Waals surface area contributed by atoms with Crippen molar-refractivity contribution in [3.05, 3.63) is 65.5 Å². The van der Waals surface area contributed by atoms with Gasteiger partial charge < -0.3 is 4.90 Å². The van der Waals surface area contributed by atoms with Gasteiger partial charge >= 0.3 is 0 Å². The first-order valence-electron chi connectivity index (χ1n) is 7.58. The number of carbonyl (C=O) groups is 1. The first kappa shape index (κ1) is 16.7. The molecule has 0 aliphatic heterocycles. The first-order valence-corrected chi connectivity index (χ1v) is 7.58. The Morgan fingerprint density at radius 2 is 1.70 bits per heavy atom. The van der Waals surface area contributed by atoms with Crippen LogP contribution < -0.4 is 10.3 Å². The standard InChI is InChI=1S/C18H20FN3O/c1-3-22(4-2)17-11-5-14(6-12-17)13-20-21-18(23)15-7-9-16(19)10-8-15/h5-13H,3-4H2,1-2H3,(H,21,23). The summed E-state index contributed by atoms with van der Waals surface area (Å²) in [6.07, 6.45) is 1.58. The van der Waals surface area contributed by atoms with Crippen LogP contribution in [0.25, 0.3) is 0 Å². The van der Waals surface area contributed by atoms with Gasteiger partial charge in [-0.25, -0.2) is 9.82 Å². The van der Waals surface area contributed by atoms with Gasteiger partial charge in [0, 0.05) is 24.3 Å². The maximum Gasteiger partial charge on any atom is 0.271 e. The van der Waals surface area contributed by atoms with Crippen molar-refractivity contribution in [3.63, 3.8) is 0 Å². The van der Waals surface area contributed by atoms with Crippen LogP contribution in [0, 0.1) is 5.82 Å². The summed E-state index contributed by atoms with van der Waals surface area (Å²) in [5.74, 6) is -0.751. The lowest BCUT2D eigenvalue weighted by Gasteiger charge is -2.20. The highest BCUT2D eigenvalue weighted by atomic mass is 19.1. The Balaban J connectivity index is 1.95. The van der Waals surface area contributed by atoms with E-state index in [0.29, 0.717) is 5.56 Å². The molecular formula is C18H20FN3O. The van der Waals surface area contributed by atoms with Crippen LogP contribution in [0.15, 0.2) is 53.6 Å². The molecule has 0 fully saturated rings. The minimum atomic E-state index is -0.377. The van der Waals surface area contributed by atoms with Crippen molar-refractivity contribution in [1.82, 2.24) is 5.43 Å². The van der Waals surface area contributed by atoms with Crippen LogP contribution in [0.5, 0.6) is 0 Å². The van der Waals surface area contributed by atoms with Crippen LogP contribution in [0.4, 0.5) is 10.1 Å². The fourth-order valence-corrected chi connectivity index (χ4v) is 2.19. The smallest absolute Gasteiger partial charge is 0.271 e. The van der Waals surface area contributed by atoms with E-state index in [9.17, 15) is 9.18 Å². The van der Waals surface area contributed by atoms with Gasteiger partial charge in [0.2, 0.25) is 0 Å². The summed E-state index contributed by atoms with van der Waals surface area (Å²) in [7, 11) is 0. The van der Waals surface area contributed by atoms with Crippen molar-refractivity contribution in [1.29, 1.82) is 0 Å². The second-order valence-electron chi connectivity index (χ2n) is 4.97. The molecule has 5 heteroatoms. The number of amides is 1. The Kier molecular flexibility index (Phi) is 5.86. The van der Waals surface area contributed by atoms with Gasteiger partial charge in [0.25, 0.3) is 5.91 Å². The van der Waals surface area contributed by atoms with Crippen molar-refractivity contribution in [2.24, 2.45) is 5.10 Å². The van der Waals surface area contributed by atoms with Gasteiger partial charge in [0.15, 0.2) is 0 Å². The van der Waals surface area contributed by atoms with E-state index in [1.54, 1.807) is 6.21 Å². The number of nitrogens with one attached hydrogen (secondary N) is 1. The maximum absolute atomic E-state index is 12.8. The topological polar surface area (TPSA) is 44.7 Å². The third kappa shape index (κ3) is 4.64. The Morgan fingerprint density at radius 3 is 2.26 bits per heavy atom. The van der Waals surface area contributed by atoms with Gasteiger partial charge in [0.05, 0.1) is 6.21 Å². The zero-order valence-electron chi connectivity index (χ0n) is 13.3. The summed E-state index contributed by atoms with van der Waals surface area (Å²) in [5.41, 5.74) is 4.83. The molecule has 2 rings (SSSR count). The summed E-state index contributed by atoms with van der Waals surface area (Å²) in [6, 6.07) is 13.3. The van der Waals surface area contributed by atoms with Gasteiger partial charge in [0.1, 0.15) is 5.82 Å². The van der Waals surface area contributed by atoms with Crippen LogP contribution >= 0.6 is 0 Å². The molecule has 0 spiro atoms. The lowest BCUT2D eigenvalue weighted by Crippen LogP contribution is -2.21. The molecule has 23 heavy (non-hydrogen) atoms. The molecular weight excluding hydrogens is 293 g/mol. The zero-order chi connectivity index (χ0) is 16.7. The SMILES string of the molecule is CCN(CC)c1ccc(C=NNC(=O)c2ccc(F)cc2)cc1. The quantitative estimate of drug-likeness (QED) is 0.656. The predicted octanol–water partition coefficient (Wildman–Crippen LogP) is 3.44. The minimum Gasteiger partial charge on any atom is -0.372 e. The highest BCUT2D eigenvalue weighted by Crippen LogP contribution is 2.13. The van der Waals surface area contributed by atoms with E-state index in [1.165, 1.54) is 24.3 Å². The molecule has 0 aliphatic carbocycles. The van der Waals surface area contributed by atoms with Gasteiger partial charge in [-0.3, -0.25) is 4.79 Å². The minimum absolute atomic E-state index is 0.362. The van der Waals surface area contributed by atoms with Gasteiger partial charge in [-0.05, 0) is 55.8 Å². The number of benzene rings is 2. The first-order chi connectivity index (χ1) is 11.1. The van der Waals surface area contributed by atoms with Gasteiger partial charge in [-0.2, -0.15) is 5.10 Å². The van der Waals surface area contributed by atoms with E-state index >= 15 is 0 Å². The van der Waals surface area contributed by atoms with Crippen LogP contribution in [-0.4, -0.2) is 25.2 Å². The molecule has 1 amide bonds. The lowest BCUT2D eigenvalue weighted by atomic mass is 10.2. The molecule has 0 radical (unpaired) electrons. The number of nitrogens with zero attached hydrogens (tertiary/aromatic N) is 2. The van der Waals surface area contributed by atoms with Crippen molar-refractivity contribution < 1.29 is 9.18 Å². The third-order valence-electron chi connectivity index (χ3n) is 3.51. The van der Waals surface area contributed by atoms with Gasteiger partial charge in [-0.1, -0.05) is 12.1 Å². The Morgan fingerprint density at radius 1 is 1.09 bits per heavy atom. The molecule has 2 aromatic rings. The number of hydrogen-bond acceptors (Lipinski definition) is 3. The fourth-order valence-electron chi connectivity index (χ4n) is 2.19. The second kappa shape index (κ2) is 8.08. The second-order valence-corrected chi connectivity index (χ2v) is 4.97. The molecule has 0 heterocycles. The number of anilines is 1. The van der Waals surface area contributed by atoms with Crippen molar-refractivity contribution in [2.45, 2.75) is 13.8 Å². The molecule has 0 saturated carbocycles. The Labute approximate surface area is 135 Å². The zero-order valence-corrected chi connectivity index (χ0v) is 13.3. The van der Waals surface area contributed by atoms with E-state index in [0.717, 1.165) is 24.3 Å². The van der Waals surface area contributed by atoms with E-state index < -0.39 is 0 Å². The number of hydrazone groups is 1. The molecule has 0 saturated heterocycles. The highest BCUT2D eigenvalue weighted by Gasteiger charge is 2.04. The average molecular weight is 313 g/mol. The highest BCUT2D eigenvalue weighted by molar-refractivity contribution is 5.94. The van der Waals surface area contributed by atoms with E-state index in [-0.39, 0.29) is 11.7 Å². The molecule has 0 atom stereocenters. The molecule has 120 valence electrons. The monoisotopic (exact) mass is 313 g/mol. The fraction of sp³-hybridized carbons (Fsp3) is 0.222. The molecule has 4 nitrogen and oxygen atoms in total. The van der Waals surface area contributed by atoms with Crippen molar-refractivity contribution in [2.75, 3.05) is 18.0 Å². The third-order valence-corrected chi connectivity index (χ3v) is 3.51. The largest absolute Gasteiger partial charge is 0.372 e. The summed E-state index contributed by atoms with van der Waals surface area (Å²) >= 11 is 0. The summed E-state index contributed by atoms with van der Waals surface area (Å²) in [4.78, 5) is 14.1. The number of hydrogen-bond donors (Lipinski definition) is 1. The molecule has 0 unspecified atom stereocenters. The Bertz CT molecular complexity index is 662. The van der Waals surface area contributed by atoms with Crippen LogP contribution in [0.1, 0.15) is 29.8 Å². The molecule has 2 aromatic carbocycles. The van der Waals surface area contributed by atoms with Gasteiger partial charge in [-0.15, -0.1) is 0 Å².